The Labute approximate surface area is 111 Å². The maximum Gasteiger partial charge on any atom is 0.0897 e. The Hall–Kier alpha value is -0.420. The van der Waals surface area contributed by atoms with Crippen molar-refractivity contribution in [1.82, 2.24) is 5.32 Å². The third-order valence-electron chi connectivity index (χ3n) is 2.25. The highest BCUT2D eigenvalue weighted by Crippen LogP contribution is 2.11. The first-order valence-electron chi connectivity index (χ1n) is 5.81. The number of hydrogen-bond donors (Lipinski definition) is 2. The predicted octanol–water partition coefficient (Wildman–Crippen LogP) is 2.32. The number of ether oxygens (including phenoxy) is 1. The molecule has 0 bridgehead atoms. The fourth-order valence-corrected chi connectivity index (χ4v) is 1.59. The van der Waals surface area contributed by atoms with E-state index in [1.165, 1.54) is 0 Å². The van der Waals surface area contributed by atoms with Crippen LogP contribution in [-0.2, 0) is 11.3 Å². The van der Waals surface area contributed by atoms with Gasteiger partial charge in [0.05, 0.1) is 19.3 Å². The van der Waals surface area contributed by atoms with Crippen LogP contribution in [0.2, 0.25) is 0 Å². The molecule has 0 radical (unpaired) electrons. The van der Waals surface area contributed by atoms with Gasteiger partial charge in [0.2, 0.25) is 0 Å². The number of benzene rings is 1. The summed E-state index contributed by atoms with van der Waals surface area (Å²) < 4.78 is 6.51. The van der Waals surface area contributed by atoms with Crippen molar-refractivity contribution in [3.05, 3.63) is 34.3 Å². The molecule has 0 aliphatic heterocycles. The van der Waals surface area contributed by atoms with Crippen molar-refractivity contribution < 1.29 is 9.84 Å². The lowest BCUT2D eigenvalue weighted by Crippen LogP contribution is -2.34. The lowest BCUT2D eigenvalue weighted by Gasteiger charge is -2.14. The Balaban J connectivity index is 2.16. The number of nitrogens with one attached hydrogen (secondary N) is 1. The molecule has 1 aromatic carbocycles. The molecule has 1 atom stereocenters. The second-order valence-electron chi connectivity index (χ2n) is 4.36. The first kappa shape index (κ1) is 14.6. The number of aliphatic hydroxyl groups is 1. The highest BCUT2D eigenvalue weighted by molar-refractivity contribution is 9.10. The van der Waals surface area contributed by atoms with Crippen molar-refractivity contribution in [2.75, 3.05) is 13.2 Å². The van der Waals surface area contributed by atoms with Gasteiger partial charge in [0, 0.05) is 17.1 Å². The van der Waals surface area contributed by atoms with E-state index in [2.05, 4.69) is 35.1 Å². The monoisotopic (exact) mass is 301 g/mol. The average Bonchev–Trinajstić information content (AvgIpc) is 2.29. The summed E-state index contributed by atoms with van der Waals surface area (Å²) in [5, 5.41) is 12.8. The zero-order chi connectivity index (χ0) is 12.7. The van der Waals surface area contributed by atoms with Crippen molar-refractivity contribution in [2.24, 2.45) is 0 Å². The van der Waals surface area contributed by atoms with Gasteiger partial charge in [0.25, 0.3) is 0 Å². The average molecular weight is 302 g/mol. The van der Waals surface area contributed by atoms with Crippen molar-refractivity contribution in [3.63, 3.8) is 0 Å². The van der Waals surface area contributed by atoms with Crippen LogP contribution in [0.5, 0.6) is 0 Å². The highest BCUT2D eigenvalue weighted by atomic mass is 79.9. The lowest BCUT2D eigenvalue weighted by molar-refractivity contribution is 0.0281. The first-order valence-corrected chi connectivity index (χ1v) is 6.61. The van der Waals surface area contributed by atoms with E-state index in [0.29, 0.717) is 25.8 Å². The second kappa shape index (κ2) is 7.82. The number of aliphatic hydroxyl groups excluding tert-OH is 1. The zero-order valence-corrected chi connectivity index (χ0v) is 11.9. The van der Waals surface area contributed by atoms with Crippen LogP contribution in [0.4, 0.5) is 0 Å². The highest BCUT2D eigenvalue weighted by Gasteiger charge is 2.04. The van der Waals surface area contributed by atoms with Crippen LogP contribution in [-0.4, -0.2) is 30.4 Å². The van der Waals surface area contributed by atoms with Gasteiger partial charge in [0.15, 0.2) is 0 Å². The molecule has 2 N–H and O–H groups in total. The van der Waals surface area contributed by atoms with Gasteiger partial charge in [-0.1, -0.05) is 41.9 Å². The van der Waals surface area contributed by atoms with Crippen LogP contribution in [0.15, 0.2) is 28.7 Å². The van der Waals surface area contributed by atoms with E-state index in [0.717, 1.165) is 10.0 Å². The van der Waals surface area contributed by atoms with Crippen LogP contribution in [0.1, 0.15) is 19.4 Å². The standard InChI is InChI=1S/C13H20BrNO2/c1-10(2)15-7-13(16)9-17-8-11-3-5-12(14)6-4-11/h3-6,10,13,15-16H,7-9H2,1-2H3. The van der Waals surface area contributed by atoms with Crippen LogP contribution < -0.4 is 5.32 Å². The molecular formula is C13H20BrNO2. The summed E-state index contributed by atoms with van der Waals surface area (Å²) in [5.74, 6) is 0. The summed E-state index contributed by atoms with van der Waals surface area (Å²) in [4.78, 5) is 0. The molecular weight excluding hydrogens is 282 g/mol. The molecule has 1 rings (SSSR count). The first-order chi connectivity index (χ1) is 8.08. The summed E-state index contributed by atoms with van der Waals surface area (Å²) in [6.07, 6.45) is -0.451. The molecule has 0 heterocycles. The quantitative estimate of drug-likeness (QED) is 0.812. The summed E-state index contributed by atoms with van der Waals surface area (Å²) >= 11 is 3.38. The van der Waals surface area contributed by atoms with Gasteiger partial charge in [-0.15, -0.1) is 0 Å². The minimum atomic E-state index is -0.451. The van der Waals surface area contributed by atoms with E-state index >= 15 is 0 Å². The van der Waals surface area contributed by atoms with E-state index in [9.17, 15) is 5.11 Å². The molecule has 0 aromatic heterocycles. The van der Waals surface area contributed by atoms with Gasteiger partial charge in [-0.25, -0.2) is 0 Å². The molecule has 0 spiro atoms. The normalized spacial score (nSPS) is 13.0. The summed E-state index contributed by atoms with van der Waals surface area (Å²) in [7, 11) is 0. The molecule has 0 aliphatic carbocycles. The van der Waals surface area contributed by atoms with Gasteiger partial charge in [-0.05, 0) is 17.7 Å². The van der Waals surface area contributed by atoms with Gasteiger partial charge >= 0.3 is 0 Å². The van der Waals surface area contributed by atoms with E-state index in [1.54, 1.807) is 0 Å². The summed E-state index contributed by atoms with van der Waals surface area (Å²) in [5.41, 5.74) is 1.11. The Kier molecular flexibility index (Phi) is 6.73. The Bertz CT molecular complexity index is 314. The lowest BCUT2D eigenvalue weighted by atomic mass is 10.2. The van der Waals surface area contributed by atoms with Gasteiger partial charge in [-0.3, -0.25) is 0 Å². The maximum atomic E-state index is 9.63. The number of hydrogen-bond acceptors (Lipinski definition) is 3. The third kappa shape index (κ3) is 6.78. The molecule has 1 unspecified atom stereocenters. The van der Waals surface area contributed by atoms with Crippen LogP contribution in [0.3, 0.4) is 0 Å². The van der Waals surface area contributed by atoms with Crippen molar-refractivity contribution >= 4 is 15.9 Å². The fraction of sp³-hybridized carbons (Fsp3) is 0.538. The van der Waals surface area contributed by atoms with Crippen LogP contribution >= 0.6 is 15.9 Å². The smallest absolute Gasteiger partial charge is 0.0897 e. The van der Waals surface area contributed by atoms with Crippen molar-refractivity contribution in [3.8, 4) is 0 Å². The van der Waals surface area contributed by atoms with E-state index < -0.39 is 6.10 Å². The summed E-state index contributed by atoms with van der Waals surface area (Å²) in [6.45, 7) is 5.56. The van der Waals surface area contributed by atoms with Crippen molar-refractivity contribution in [2.45, 2.75) is 32.6 Å². The van der Waals surface area contributed by atoms with Gasteiger partial charge in [0.1, 0.15) is 0 Å². The molecule has 0 saturated heterocycles. The third-order valence-corrected chi connectivity index (χ3v) is 2.78. The zero-order valence-electron chi connectivity index (χ0n) is 10.3. The van der Waals surface area contributed by atoms with Crippen LogP contribution in [0, 0.1) is 0 Å². The van der Waals surface area contributed by atoms with E-state index in [4.69, 9.17) is 4.74 Å². The Morgan fingerprint density at radius 3 is 2.53 bits per heavy atom. The molecule has 4 heteroatoms. The molecule has 17 heavy (non-hydrogen) atoms. The molecule has 3 nitrogen and oxygen atoms in total. The Morgan fingerprint density at radius 1 is 1.29 bits per heavy atom. The number of halogens is 1. The molecule has 96 valence electrons. The minimum Gasteiger partial charge on any atom is -0.389 e. The Morgan fingerprint density at radius 2 is 1.94 bits per heavy atom. The molecule has 1 aromatic rings. The minimum absolute atomic E-state index is 0.357. The summed E-state index contributed by atoms with van der Waals surface area (Å²) in [6, 6.07) is 8.35. The fourth-order valence-electron chi connectivity index (χ4n) is 1.32. The van der Waals surface area contributed by atoms with Gasteiger partial charge < -0.3 is 15.2 Å². The van der Waals surface area contributed by atoms with E-state index in [1.807, 2.05) is 24.3 Å². The van der Waals surface area contributed by atoms with Gasteiger partial charge in [-0.2, -0.15) is 0 Å². The van der Waals surface area contributed by atoms with E-state index in [-0.39, 0.29) is 0 Å². The maximum absolute atomic E-state index is 9.63. The van der Waals surface area contributed by atoms with Crippen LogP contribution in [0.25, 0.3) is 0 Å². The second-order valence-corrected chi connectivity index (χ2v) is 5.27. The van der Waals surface area contributed by atoms with Crippen molar-refractivity contribution in [1.29, 1.82) is 0 Å². The SMILES string of the molecule is CC(C)NCC(O)COCc1ccc(Br)cc1. The molecule has 0 fully saturated rings. The topological polar surface area (TPSA) is 41.5 Å². The predicted molar refractivity (Wildman–Crippen MR) is 72.9 cm³/mol. The molecule has 0 aliphatic rings. The molecule has 0 amide bonds. The number of rotatable bonds is 7. The molecule has 0 saturated carbocycles. The largest absolute Gasteiger partial charge is 0.389 e.